The maximum Gasteiger partial charge on any atom is 0.233 e. The Hall–Kier alpha value is -2.06. The van der Waals surface area contributed by atoms with Gasteiger partial charge >= 0.3 is 0 Å². The second-order valence-corrected chi connectivity index (χ2v) is 7.65. The van der Waals surface area contributed by atoms with Crippen LogP contribution in [0.4, 0.5) is 0 Å². The zero-order chi connectivity index (χ0) is 17.1. The van der Waals surface area contributed by atoms with Crippen LogP contribution in [0.3, 0.4) is 0 Å². The summed E-state index contributed by atoms with van der Waals surface area (Å²) in [7, 11) is 1.89. The summed E-state index contributed by atoms with van der Waals surface area (Å²) in [6.07, 6.45) is 1.63. The molecule has 0 aliphatic carbocycles. The van der Waals surface area contributed by atoms with Crippen molar-refractivity contribution in [1.29, 1.82) is 0 Å². The number of nitrogens with zero attached hydrogens (tertiary/aromatic N) is 3. The van der Waals surface area contributed by atoms with Gasteiger partial charge in [0.25, 0.3) is 0 Å². The molecule has 0 bridgehead atoms. The average Bonchev–Trinajstić information content (AvgIpc) is 3.29. The van der Waals surface area contributed by atoms with Crippen molar-refractivity contribution >= 4 is 29.0 Å². The summed E-state index contributed by atoms with van der Waals surface area (Å²) in [5, 5.41) is 13.8. The van der Waals surface area contributed by atoms with E-state index < -0.39 is 0 Å². The number of rotatable bonds is 6. The summed E-state index contributed by atoms with van der Waals surface area (Å²) in [5.74, 6) is 1.51. The standard InChI is InChI=1S/C16H18N4O2S2/c1-10-13(6-7-22-10)14-18-19-16(20(14)3)24-11(2)15(21)17-9-12-5-4-8-23-12/h4-8,11H,9H2,1-3H3,(H,17,21). The fraction of sp³-hybridized carbons (Fsp3) is 0.312. The lowest BCUT2D eigenvalue weighted by atomic mass is 10.2. The van der Waals surface area contributed by atoms with Gasteiger partial charge in [0.1, 0.15) is 5.76 Å². The number of aromatic nitrogens is 3. The predicted molar refractivity (Wildman–Crippen MR) is 94.9 cm³/mol. The smallest absolute Gasteiger partial charge is 0.233 e. The number of carbonyl (C=O) groups excluding carboxylic acids is 1. The van der Waals surface area contributed by atoms with Crippen LogP contribution in [0.1, 0.15) is 17.6 Å². The van der Waals surface area contributed by atoms with Gasteiger partial charge in [-0.1, -0.05) is 17.8 Å². The molecule has 1 amide bonds. The van der Waals surface area contributed by atoms with Crippen molar-refractivity contribution in [2.45, 2.75) is 30.8 Å². The average molecular weight is 362 g/mol. The van der Waals surface area contributed by atoms with E-state index in [0.29, 0.717) is 11.7 Å². The molecule has 1 N–H and O–H groups in total. The number of hydrogen-bond acceptors (Lipinski definition) is 6. The van der Waals surface area contributed by atoms with Gasteiger partial charge in [-0.05, 0) is 31.4 Å². The molecule has 0 radical (unpaired) electrons. The van der Waals surface area contributed by atoms with Gasteiger partial charge in [-0.2, -0.15) is 0 Å². The number of amides is 1. The third kappa shape index (κ3) is 3.54. The molecule has 0 aliphatic heterocycles. The lowest BCUT2D eigenvalue weighted by Gasteiger charge is -2.11. The summed E-state index contributed by atoms with van der Waals surface area (Å²) in [4.78, 5) is 13.4. The highest BCUT2D eigenvalue weighted by atomic mass is 32.2. The minimum absolute atomic E-state index is 0.0163. The maximum atomic E-state index is 12.2. The second-order valence-electron chi connectivity index (χ2n) is 5.31. The Labute approximate surface area is 148 Å². The van der Waals surface area contributed by atoms with Crippen LogP contribution < -0.4 is 5.32 Å². The lowest BCUT2D eigenvalue weighted by Crippen LogP contribution is -2.30. The van der Waals surface area contributed by atoms with Gasteiger partial charge in [0.15, 0.2) is 11.0 Å². The van der Waals surface area contributed by atoms with E-state index in [0.717, 1.165) is 22.0 Å². The lowest BCUT2D eigenvalue weighted by molar-refractivity contribution is -0.120. The van der Waals surface area contributed by atoms with Gasteiger partial charge in [-0.3, -0.25) is 4.79 Å². The van der Waals surface area contributed by atoms with Crippen molar-refractivity contribution in [3.05, 3.63) is 40.5 Å². The molecule has 3 heterocycles. The van der Waals surface area contributed by atoms with Gasteiger partial charge in [0, 0.05) is 11.9 Å². The highest BCUT2D eigenvalue weighted by Gasteiger charge is 2.20. The molecular formula is C16H18N4O2S2. The Balaban J connectivity index is 1.64. The van der Waals surface area contributed by atoms with Crippen LogP contribution in [0.25, 0.3) is 11.4 Å². The Morgan fingerprint density at radius 3 is 2.96 bits per heavy atom. The highest BCUT2D eigenvalue weighted by Crippen LogP contribution is 2.27. The fourth-order valence-electron chi connectivity index (χ4n) is 2.21. The number of hydrogen-bond donors (Lipinski definition) is 1. The van der Waals surface area contributed by atoms with Crippen molar-refractivity contribution in [2.24, 2.45) is 7.05 Å². The normalized spacial score (nSPS) is 12.3. The molecule has 0 spiro atoms. The molecule has 24 heavy (non-hydrogen) atoms. The van der Waals surface area contributed by atoms with E-state index >= 15 is 0 Å². The molecule has 3 aromatic rings. The van der Waals surface area contributed by atoms with E-state index in [4.69, 9.17) is 4.42 Å². The largest absolute Gasteiger partial charge is 0.469 e. The number of nitrogens with one attached hydrogen (secondary N) is 1. The van der Waals surface area contributed by atoms with Crippen LogP contribution in [0.5, 0.6) is 0 Å². The Morgan fingerprint density at radius 2 is 2.29 bits per heavy atom. The molecule has 0 saturated carbocycles. The van der Waals surface area contributed by atoms with E-state index in [1.807, 2.05) is 49.0 Å². The second kappa shape index (κ2) is 7.23. The zero-order valence-corrected chi connectivity index (χ0v) is 15.3. The number of thiophene rings is 1. The molecule has 6 nitrogen and oxygen atoms in total. The summed E-state index contributed by atoms with van der Waals surface area (Å²) in [6.45, 7) is 4.31. The third-order valence-corrected chi connectivity index (χ3v) is 5.61. The molecule has 0 saturated heterocycles. The van der Waals surface area contributed by atoms with Crippen molar-refractivity contribution < 1.29 is 9.21 Å². The molecule has 3 aromatic heterocycles. The summed E-state index contributed by atoms with van der Waals surface area (Å²) >= 11 is 3.02. The summed E-state index contributed by atoms with van der Waals surface area (Å²) in [6, 6.07) is 5.85. The van der Waals surface area contributed by atoms with Crippen LogP contribution >= 0.6 is 23.1 Å². The number of aryl methyl sites for hydroxylation is 1. The third-order valence-electron chi connectivity index (χ3n) is 3.60. The van der Waals surface area contributed by atoms with Crippen molar-refractivity contribution in [3.63, 3.8) is 0 Å². The SMILES string of the molecule is Cc1occc1-c1nnc(SC(C)C(=O)NCc2cccs2)n1C. The number of thioether (sulfide) groups is 1. The molecule has 126 valence electrons. The van der Waals surface area contributed by atoms with Gasteiger partial charge < -0.3 is 14.3 Å². The van der Waals surface area contributed by atoms with Gasteiger partial charge in [0.2, 0.25) is 5.91 Å². The molecule has 0 aliphatic rings. The van der Waals surface area contributed by atoms with Crippen LogP contribution in [-0.4, -0.2) is 25.9 Å². The molecular weight excluding hydrogens is 344 g/mol. The van der Waals surface area contributed by atoms with E-state index in [1.165, 1.54) is 11.8 Å². The Bertz CT molecular complexity index is 823. The minimum Gasteiger partial charge on any atom is -0.469 e. The molecule has 0 aromatic carbocycles. The first kappa shape index (κ1) is 16.8. The Morgan fingerprint density at radius 1 is 1.46 bits per heavy atom. The first-order chi connectivity index (χ1) is 11.6. The first-order valence-corrected chi connectivity index (χ1v) is 9.23. The van der Waals surface area contributed by atoms with Crippen LogP contribution in [0.2, 0.25) is 0 Å². The first-order valence-electron chi connectivity index (χ1n) is 7.47. The van der Waals surface area contributed by atoms with E-state index in [2.05, 4.69) is 15.5 Å². The monoisotopic (exact) mass is 362 g/mol. The van der Waals surface area contributed by atoms with Crippen molar-refractivity contribution in [1.82, 2.24) is 20.1 Å². The maximum absolute atomic E-state index is 12.2. The molecule has 1 atom stereocenters. The molecule has 0 fully saturated rings. The zero-order valence-electron chi connectivity index (χ0n) is 13.6. The van der Waals surface area contributed by atoms with E-state index in [-0.39, 0.29) is 11.2 Å². The van der Waals surface area contributed by atoms with Gasteiger partial charge in [-0.15, -0.1) is 21.5 Å². The van der Waals surface area contributed by atoms with E-state index in [1.54, 1.807) is 17.6 Å². The van der Waals surface area contributed by atoms with E-state index in [9.17, 15) is 4.79 Å². The number of furan rings is 1. The van der Waals surface area contributed by atoms with Gasteiger partial charge in [-0.25, -0.2) is 0 Å². The topological polar surface area (TPSA) is 72.9 Å². The minimum atomic E-state index is -0.258. The number of carbonyl (C=O) groups is 1. The van der Waals surface area contributed by atoms with Crippen LogP contribution in [-0.2, 0) is 18.4 Å². The van der Waals surface area contributed by atoms with Crippen LogP contribution in [0, 0.1) is 6.92 Å². The van der Waals surface area contributed by atoms with Crippen molar-refractivity contribution in [2.75, 3.05) is 0 Å². The fourth-order valence-corrected chi connectivity index (χ4v) is 3.70. The highest BCUT2D eigenvalue weighted by molar-refractivity contribution is 8.00. The van der Waals surface area contributed by atoms with Crippen molar-refractivity contribution in [3.8, 4) is 11.4 Å². The molecule has 3 rings (SSSR count). The predicted octanol–water partition coefficient (Wildman–Crippen LogP) is 3.24. The quantitative estimate of drug-likeness (QED) is 0.682. The van der Waals surface area contributed by atoms with Gasteiger partial charge in [0.05, 0.1) is 23.6 Å². The molecule has 8 heteroatoms. The molecule has 1 unspecified atom stereocenters. The Kier molecular flexibility index (Phi) is 5.06. The summed E-state index contributed by atoms with van der Waals surface area (Å²) < 4.78 is 7.20. The summed E-state index contributed by atoms with van der Waals surface area (Å²) in [5.41, 5.74) is 0.909. The van der Waals surface area contributed by atoms with Crippen LogP contribution in [0.15, 0.2) is 39.4 Å².